The van der Waals surface area contributed by atoms with Gasteiger partial charge in [0, 0.05) is 26.4 Å². The molecule has 7 nitrogen and oxygen atoms in total. The Kier molecular flexibility index (Phi) is 4.69. The fraction of sp³-hybridized carbons (Fsp3) is 0.368. The number of rotatable bonds is 1. The number of ether oxygens (including phenoxy) is 2. The molecule has 2 heterocycles. The van der Waals surface area contributed by atoms with Gasteiger partial charge in [0.2, 0.25) is 5.91 Å². The highest BCUT2D eigenvalue weighted by Gasteiger charge is 2.36. The van der Waals surface area contributed by atoms with Crippen LogP contribution in [0, 0.1) is 0 Å². The molecule has 4 rings (SSSR count). The van der Waals surface area contributed by atoms with Crippen LogP contribution in [-0.2, 0) is 9.53 Å². The molecule has 0 atom stereocenters. The van der Waals surface area contributed by atoms with E-state index in [1.54, 1.807) is 11.0 Å². The van der Waals surface area contributed by atoms with Crippen LogP contribution in [0.5, 0.6) is 11.5 Å². The lowest BCUT2D eigenvalue weighted by molar-refractivity contribution is -0.116. The first kappa shape index (κ1) is 18.1. The Morgan fingerprint density at radius 1 is 1.19 bits per heavy atom. The van der Waals surface area contributed by atoms with Crippen molar-refractivity contribution in [2.45, 2.75) is 19.8 Å². The van der Waals surface area contributed by atoms with Crippen molar-refractivity contribution in [3.63, 3.8) is 0 Å². The highest BCUT2D eigenvalue weighted by Crippen LogP contribution is 2.47. The minimum absolute atomic E-state index is 0.0841. The van der Waals surface area contributed by atoms with E-state index in [0.717, 1.165) is 10.9 Å². The van der Waals surface area contributed by atoms with Gasteiger partial charge >= 0.3 is 0 Å². The Bertz CT molecular complexity index is 886. The van der Waals surface area contributed by atoms with Gasteiger partial charge in [0.1, 0.15) is 17.1 Å². The van der Waals surface area contributed by atoms with Crippen molar-refractivity contribution in [3.05, 3.63) is 39.7 Å². The summed E-state index contributed by atoms with van der Waals surface area (Å²) in [6, 6.07) is 3.03. The summed E-state index contributed by atoms with van der Waals surface area (Å²) in [6.07, 6.45) is 3.20. The van der Waals surface area contributed by atoms with E-state index in [4.69, 9.17) is 9.47 Å². The lowest BCUT2D eigenvalue weighted by atomic mass is 10.0. The van der Waals surface area contributed by atoms with Gasteiger partial charge in [-0.3, -0.25) is 14.5 Å². The number of amides is 2. The van der Waals surface area contributed by atoms with Crippen molar-refractivity contribution in [2.75, 3.05) is 31.2 Å². The summed E-state index contributed by atoms with van der Waals surface area (Å²) in [5, 5.41) is 10.4. The third kappa shape index (κ3) is 3.12. The molecule has 1 aromatic rings. The number of benzene rings is 1. The number of hydrogen-bond acceptors (Lipinski definition) is 5. The predicted octanol–water partition coefficient (Wildman–Crippen LogP) is 2.89. The SMILES string of the molecule is CC(=O)N1C2=C(CCC(Br)=C2)Oc2c1ccc(O)c2C(=O)N1CCOCC1. The normalized spacial score (nSPS) is 19.1. The van der Waals surface area contributed by atoms with Gasteiger partial charge in [-0.05, 0) is 29.1 Å². The Morgan fingerprint density at radius 3 is 2.63 bits per heavy atom. The molecule has 0 unspecified atom stereocenters. The van der Waals surface area contributed by atoms with E-state index in [2.05, 4.69) is 15.9 Å². The highest BCUT2D eigenvalue weighted by molar-refractivity contribution is 9.11. The first-order valence-electron chi connectivity index (χ1n) is 8.78. The maximum atomic E-state index is 13.1. The van der Waals surface area contributed by atoms with Gasteiger partial charge in [-0.1, -0.05) is 15.9 Å². The molecule has 1 N–H and O–H groups in total. The Hall–Kier alpha value is -2.32. The second kappa shape index (κ2) is 7.01. The molecule has 0 radical (unpaired) electrons. The van der Waals surface area contributed by atoms with Crippen LogP contribution in [0.2, 0.25) is 0 Å². The second-order valence-corrected chi connectivity index (χ2v) is 7.59. The van der Waals surface area contributed by atoms with Gasteiger partial charge in [0.15, 0.2) is 5.75 Å². The van der Waals surface area contributed by atoms with E-state index in [1.807, 2.05) is 6.08 Å². The summed E-state index contributed by atoms with van der Waals surface area (Å²) >= 11 is 3.49. The fourth-order valence-electron chi connectivity index (χ4n) is 3.52. The van der Waals surface area contributed by atoms with E-state index in [-0.39, 0.29) is 28.9 Å². The summed E-state index contributed by atoms with van der Waals surface area (Å²) in [7, 11) is 0. The van der Waals surface area contributed by atoms with Gasteiger partial charge in [0.05, 0.1) is 24.6 Å². The summed E-state index contributed by atoms with van der Waals surface area (Å²) in [5.41, 5.74) is 1.19. The fourth-order valence-corrected chi connectivity index (χ4v) is 3.93. The van der Waals surface area contributed by atoms with Crippen molar-refractivity contribution in [1.29, 1.82) is 0 Å². The van der Waals surface area contributed by atoms with Crippen LogP contribution in [0.25, 0.3) is 0 Å². The lowest BCUT2D eigenvalue weighted by Crippen LogP contribution is -2.41. The van der Waals surface area contributed by atoms with E-state index >= 15 is 0 Å². The second-order valence-electron chi connectivity index (χ2n) is 6.57. The molecule has 0 bridgehead atoms. The van der Waals surface area contributed by atoms with Crippen LogP contribution in [0.15, 0.2) is 34.1 Å². The number of fused-ring (bicyclic) bond motifs is 1. The average Bonchev–Trinajstić information content (AvgIpc) is 2.66. The van der Waals surface area contributed by atoms with Crippen LogP contribution >= 0.6 is 15.9 Å². The summed E-state index contributed by atoms with van der Waals surface area (Å²) in [4.78, 5) is 28.6. The monoisotopic (exact) mass is 434 g/mol. The number of phenols is 1. The molecule has 1 saturated heterocycles. The molecule has 1 aromatic carbocycles. The number of aromatic hydroxyl groups is 1. The van der Waals surface area contributed by atoms with Gasteiger partial charge in [-0.15, -0.1) is 0 Å². The molecule has 8 heteroatoms. The lowest BCUT2D eigenvalue weighted by Gasteiger charge is -2.35. The van der Waals surface area contributed by atoms with Crippen LogP contribution in [0.3, 0.4) is 0 Å². The largest absolute Gasteiger partial charge is 0.507 e. The summed E-state index contributed by atoms with van der Waals surface area (Å²) < 4.78 is 12.3. The third-order valence-corrected chi connectivity index (χ3v) is 5.44. The molecule has 2 aliphatic heterocycles. The number of phenolic OH excluding ortho intramolecular Hbond substituents is 1. The van der Waals surface area contributed by atoms with Crippen LogP contribution in [0.4, 0.5) is 5.69 Å². The number of carbonyl (C=O) groups is 2. The van der Waals surface area contributed by atoms with Crippen molar-refractivity contribution < 1.29 is 24.2 Å². The van der Waals surface area contributed by atoms with Crippen LogP contribution in [-0.4, -0.2) is 48.1 Å². The minimum Gasteiger partial charge on any atom is -0.507 e. The van der Waals surface area contributed by atoms with Crippen molar-refractivity contribution >= 4 is 33.4 Å². The van der Waals surface area contributed by atoms with Crippen molar-refractivity contribution in [3.8, 4) is 11.5 Å². The third-order valence-electron chi connectivity index (χ3n) is 4.82. The number of halogens is 1. The zero-order chi connectivity index (χ0) is 19.1. The number of nitrogens with zero attached hydrogens (tertiary/aromatic N) is 2. The van der Waals surface area contributed by atoms with Gasteiger partial charge in [-0.25, -0.2) is 0 Å². The van der Waals surface area contributed by atoms with Gasteiger partial charge in [0.25, 0.3) is 5.91 Å². The molecular formula is C19H19BrN2O5. The molecule has 0 spiro atoms. The van der Waals surface area contributed by atoms with Crippen molar-refractivity contribution in [1.82, 2.24) is 4.90 Å². The highest BCUT2D eigenvalue weighted by atomic mass is 79.9. The molecule has 27 heavy (non-hydrogen) atoms. The quantitative estimate of drug-likeness (QED) is 0.734. The van der Waals surface area contributed by atoms with Gasteiger partial charge in [-0.2, -0.15) is 0 Å². The molecule has 2 amide bonds. The molecule has 0 aromatic heterocycles. The molecule has 0 saturated carbocycles. The van der Waals surface area contributed by atoms with Crippen LogP contribution < -0.4 is 9.64 Å². The maximum absolute atomic E-state index is 13.1. The summed E-state index contributed by atoms with van der Waals surface area (Å²) in [6.45, 7) is 3.27. The first-order chi connectivity index (χ1) is 13.0. The minimum atomic E-state index is -0.326. The van der Waals surface area contributed by atoms with Crippen molar-refractivity contribution in [2.24, 2.45) is 0 Å². The van der Waals surface area contributed by atoms with E-state index in [1.165, 1.54) is 17.9 Å². The summed E-state index contributed by atoms with van der Waals surface area (Å²) in [5.74, 6) is 0.161. The number of morpholine rings is 1. The molecule has 3 aliphatic rings. The first-order valence-corrected chi connectivity index (χ1v) is 9.57. The number of allylic oxidation sites excluding steroid dienone is 3. The number of anilines is 1. The topological polar surface area (TPSA) is 79.3 Å². The van der Waals surface area contributed by atoms with E-state index in [0.29, 0.717) is 49.9 Å². The zero-order valence-electron chi connectivity index (χ0n) is 14.8. The average molecular weight is 435 g/mol. The van der Waals surface area contributed by atoms with E-state index < -0.39 is 0 Å². The number of hydrogen-bond donors (Lipinski definition) is 1. The molecule has 1 aliphatic carbocycles. The zero-order valence-corrected chi connectivity index (χ0v) is 16.4. The maximum Gasteiger partial charge on any atom is 0.261 e. The Balaban J connectivity index is 1.83. The Labute approximate surface area is 165 Å². The van der Waals surface area contributed by atoms with Crippen LogP contribution in [0.1, 0.15) is 30.1 Å². The standard InChI is InChI=1S/C19H19BrN2O5/c1-11(23)22-13-3-4-15(24)17(19(25)21-6-8-26-9-7-21)18(13)27-16-5-2-12(20)10-14(16)22/h3-4,10,24H,2,5-9H2,1H3. The molecular weight excluding hydrogens is 416 g/mol. The Morgan fingerprint density at radius 2 is 1.93 bits per heavy atom. The van der Waals surface area contributed by atoms with Gasteiger partial charge < -0.3 is 19.5 Å². The number of carbonyl (C=O) groups excluding carboxylic acids is 2. The molecule has 142 valence electrons. The predicted molar refractivity (Wildman–Crippen MR) is 102 cm³/mol. The smallest absolute Gasteiger partial charge is 0.261 e. The molecule has 1 fully saturated rings. The van der Waals surface area contributed by atoms with E-state index in [9.17, 15) is 14.7 Å².